The second-order valence-corrected chi connectivity index (χ2v) is 5.54. The predicted octanol–water partition coefficient (Wildman–Crippen LogP) is 3.82. The van der Waals surface area contributed by atoms with Crippen LogP contribution in [0.2, 0.25) is 0 Å². The van der Waals surface area contributed by atoms with E-state index in [-0.39, 0.29) is 17.7 Å². The average molecular weight is 299 g/mol. The molecule has 3 rings (SSSR count). The molecule has 114 valence electrons. The van der Waals surface area contributed by atoms with Gasteiger partial charge < -0.3 is 9.64 Å². The number of para-hydroxylation sites is 1. The summed E-state index contributed by atoms with van der Waals surface area (Å²) in [6, 6.07) is 12.3. The van der Waals surface area contributed by atoms with Crippen LogP contribution < -0.4 is 9.64 Å². The van der Waals surface area contributed by atoms with Crippen LogP contribution in [0.3, 0.4) is 0 Å². The van der Waals surface area contributed by atoms with Crippen molar-refractivity contribution in [2.24, 2.45) is 0 Å². The number of carbonyl (C=O) groups is 1. The number of halogens is 1. The zero-order valence-electron chi connectivity index (χ0n) is 12.7. The van der Waals surface area contributed by atoms with E-state index in [0.29, 0.717) is 5.56 Å². The van der Waals surface area contributed by atoms with Crippen LogP contribution in [0, 0.1) is 5.82 Å². The van der Waals surface area contributed by atoms with Crippen LogP contribution in [0.5, 0.6) is 5.75 Å². The highest BCUT2D eigenvalue weighted by Crippen LogP contribution is 2.32. The van der Waals surface area contributed by atoms with E-state index in [1.807, 2.05) is 31.2 Å². The highest BCUT2D eigenvalue weighted by molar-refractivity contribution is 6.07. The summed E-state index contributed by atoms with van der Waals surface area (Å²) in [5, 5.41) is 0. The molecule has 4 heteroatoms. The summed E-state index contributed by atoms with van der Waals surface area (Å²) in [4.78, 5) is 14.6. The summed E-state index contributed by atoms with van der Waals surface area (Å²) in [6.07, 6.45) is 1.86. The Morgan fingerprint density at radius 3 is 2.77 bits per heavy atom. The first-order valence-corrected chi connectivity index (χ1v) is 7.37. The Bertz CT molecular complexity index is 714. The number of rotatable bonds is 2. The first-order valence-electron chi connectivity index (χ1n) is 7.37. The summed E-state index contributed by atoms with van der Waals surface area (Å²) >= 11 is 0. The van der Waals surface area contributed by atoms with Crippen LogP contribution in [0.4, 0.5) is 10.1 Å². The number of fused-ring (bicyclic) bond motifs is 1. The van der Waals surface area contributed by atoms with Crippen molar-refractivity contribution in [3.05, 3.63) is 59.4 Å². The van der Waals surface area contributed by atoms with Crippen LogP contribution in [0.15, 0.2) is 42.5 Å². The van der Waals surface area contributed by atoms with Crippen molar-refractivity contribution in [3.63, 3.8) is 0 Å². The Kier molecular flexibility index (Phi) is 3.84. The lowest BCUT2D eigenvalue weighted by molar-refractivity contribution is 0.0974. The van der Waals surface area contributed by atoms with Crippen molar-refractivity contribution in [2.75, 3.05) is 12.0 Å². The van der Waals surface area contributed by atoms with Crippen molar-refractivity contribution in [3.8, 4) is 5.75 Å². The number of ether oxygens (including phenoxy) is 1. The van der Waals surface area contributed by atoms with Crippen LogP contribution >= 0.6 is 0 Å². The number of carbonyl (C=O) groups excluding carboxylic acids is 1. The minimum Gasteiger partial charge on any atom is -0.494 e. The molecule has 3 nitrogen and oxygen atoms in total. The van der Waals surface area contributed by atoms with E-state index in [2.05, 4.69) is 0 Å². The molecule has 0 N–H and O–H groups in total. The van der Waals surface area contributed by atoms with E-state index in [9.17, 15) is 9.18 Å². The molecule has 0 radical (unpaired) electrons. The van der Waals surface area contributed by atoms with E-state index >= 15 is 0 Å². The number of nitrogens with zero attached hydrogens (tertiary/aromatic N) is 1. The Hall–Kier alpha value is -2.36. The highest BCUT2D eigenvalue weighted by atomic mass is 19.1. The zero-order valence-corrected chi connectivity index (χ0v) is 12.7. The van der Waals surface area contributed by atoms with E-state index in [0.717, 1.165) is 24.1 Å². The normalized spacial score (nSPS) is 17.0. The quantitative estimate of drug-likeness (QED) is 0.844. The van der Waals surface area contributed by atoms with E-state index in [1.54, 1.807) is 11.0 Å². The largest absolute Gasteiger partial charge is 0.494 e. The first kappa shape index (κ1) is 14.6. The molecule has 0 saturated carbocycles. The summed E-state index contributed by atoms with van der Waals surface area (Å²) in [7, 11) is 1.41. The number of hydrogen-bond acceptors (Lipinski definition) is 2. The first-order chi connectivity index (χ1) is 10.6. The molecule has 0 spiro atoms. The molecular formula is C18H18FNO2. The Balaban J connectivity index is 1.99. The number of benzene rings is 2. The van der Waals surface area contributed by atoms with Gasteiger partial charge in [0.25, 0.3) is 5.91 Å². The number of hydrogen-bond donors (Lipinski definition) is 0. The predicted molar refractivity (Wildman–Crippen MR) is 84.0 cm³/mol. The van der Waals surface area contributed by atoms with Crippen molar-refractivity contribution in [2.45, 2.75) is 25.8 Å². The molecule has 22 heavy (non-hydrogen) atoms. The van der Waals surface area contributed by atoms with Gasteiger partial charge in [-0.05, 0) is 49.6 Å². The Morgan fingerprint density at radius 1 is 1.27 bits per heavy atom. The number of aryl methyl sites for hydroxylation is 1. The molecule has 2 aromatic rings. The molecule has 1 amide bonds. The average Bonchev–Trinajstić information content (AvgIpc) is 2.54. The maximum absolute atomic E-state index is 13.9. The van der Waals surface area contributed by atoms with Gasteiger partial charge in [0.2, 0.25) is 0 Å². The third kappa shape index (κ3) is 2.45. The van der Waals surface area contributed by atoms with Gasteiger partial charge in [0.15, 0.2) is 11.6 Å². The summed E-state index contributed by atoms with van der Waals surface area (Å²) < 4.78 is 18.8. The molecule has 0 fully saturated rings. The Labute approximate surface area is 129 Å². The molecule has 1 aliphatic rings. The minimum absolute atomic E-state index is 0.0903. The van der Waals surface area contributed by atoms with Crippen molar-refractivity contribution in [1.29, 1.82) is 0 Å². The Morgan fingerprint density at radius 2 is 2.05 bits per heavy atom. The van der Waals surface area contributed by atoms with Crippen molar-refractivity contribution in [1.82, 2.24) is 0 Å². The lowest BCUT2D eigenvalue weighted by Crippen LogP contribution is -2.42. The SMILES string of the molecule is COc1ccc(C(=O)N2c3ccccc3CC[C@@H]2C)cc1F. The van der Waals surface area contributed by atoms with E-state index in [4.69, 9.17) is 4.74 Å². The maximum Gasteiger partial charge on any atom is 0.258 e. The fourth-order valence-corrected chi connectivity index (χ4v) is 2.94. The number of anilines is 1. The summed E-state index contributed by atoms with van der Waals surface area (Å²) in [5.74, 6) is -0.559. The molecule has 0 aliphatic carbocycles. The van der Waals surface area contributed by atoms with Gasteiger partial charge in [-0.25, -0.2) is 4.39 Å². The third-order valence-corrected chi connectivity index (χ3v) is 4.14. The lowest BCUT2D eigenvalue weighted by atomic mass is 9.95. The summed E-state index contributed by atoms with van der Waals surface area (Å²) in [5.41, 5.74) is 2.41. The van der Waals surface area contributed by atoms with Gasteiger partial charge >= 0.3 is 0 Å². The molecule has 0 unspecified atom stereocenters. The second kappa shape index (κ2) is 5.79. The van der Waals surface area contributed by atoms with E-state index in [1.165, 1.54) is 19.2 Å². The van der Waals surface area contributed by atoms with Gasteiger partial charge in [0, 0.05) is 17.3 Å². The molecule has 2 aromatic carbocycles. The maximum atomic E-state index is 13.9. The van der Waals surface area contributed by atoms with Crippen LogP contribution in [-0.4, -0.2) is 19.1 Å². The van der Waals surface area contributed by atoms with Crippen LogP contribution in [-0.2, 0) is 6.42 Å². The fourth-order valence-electron chi connectivity index (χ4n) is 2.94. The lowest BCUT2D eigenvalue weighted by Gasteiger charge is -2.35. The van der Waals surface area contributed by atoms with Crippen LogP contribution in [0.1, 0.15) is 29.3 Å². The number of amides is 1. The van der Waals surface area contributed by atoms with Gasteiger partial charge in [0.05, 0.1) is 7.11 Å². The molecular weight excluding hydrogens is 281 g/mol. The van der Waals surface area contributed by atoms with Gasteiger partial charge in [-0.2, -0.15) is 0 Å². The van der Waals surface area contributed by atoms with Gasteiger partial charge in [-0.1, -0.05) is 18.2 Å². The monoisotopic (exact) mass is 299 g/mol. The standard InChI is InChI=1S/C18H18FNO2/c1-12-7-8-13-5-3-4-6-16(13)20(12)18(21)14-9-10-17(22-2)15(19)11-14/h3-6,9-12H,7-8H2,1-2H3/t12-/m0/s1. The van der Waals surface area contributed by atoms with Crippen LogP contribution in [0.25, 0.3) is 0 Å². The zero-order chi connectivity index (χ0) is 15.7. The third-order valence-electron chi connectivity index (χ3n) is 4.14. The van der Waals surface area contributed by atoms with Crippen molar-refractivity contribution >= 4 is 11.6 Å². The van der Waals surface area contributed by atoms with Gasteiger partial charge in [-0.15, -0.1) is 0 Å². The van der Waals surface area contributed by atoms with E-state index < -0.39 is 5.82 Å². The van der Waals surface area contributed by atoms with Crippen molar-refractivity contribution < 1.29 is 13.9 Å². The minimum atomic E-state index is -0.522. The number of methoxy groups -OCH3 is 1. The topological polar surface area (TPSA) is 29.5 Å². The second-order valence-electron chi connectivity index (χ2n) is 5.54. The van der Waals surface area contributed by atoms with Gasteiger partial charge in [-0.3, -0.25) is 4.79 Å². The molecule has 0 saturated heterocycles. The molecule has 1 atom stereocenters. The fraction of sp³-hybridized carbons (Fsp3) is 0.278. The molecule has 0 aromatic heterocycles. The smallest absolute Gasteiger partial charge is 0.258 e. The molecule has 0 bridgehead atoms. The summed E-state index contributed by atoms with van der Waals surface area (Å²) in [6.45, 7) is 2.02. The molecule has 1 heterocycles. The van der Waals surface area contributed by atoms with Gasteiger partial charge in [0.1, 0.15) is 0 Å². The highest BCUT2D eigenvalue weighted by Gasteiger charge is 2.29. The molecule has 1 aliphatic heterocycles.